The second-order valence-corrected chi connectivity index (χ2v) is 13.7. The molecule has 4 aromatic heterocycles. The van der Waals surface area contributed by atoms with Crippen LogP contribution in [0.4, 0.5) is 0 Å². The van der Waals surface area contributed by atoms with Gasteiger partial charge in [0, 0.05) is 46.7 Å². The molecule has 0 aliphatic carbocycles. The molecule has 37 heavy (non-hydrogen) atoms. The van der Waals surface area contributed by atoms with Gasteiger partial charge >= 0.3 is 0 Å². The number of nitrogens with one attached hydrogen (secondary N) is 2. The van der Waals surface area contributed by atoms with Crippen LogP contribution in [0.1, 0.15) is 23.7 Å². The van der Waals surface area contributed by atoms with Gasteiger partial charge in [-0.3, -0.25) is 9.78 Å². The lowest BCUT2D eigenvalue weighted by atomic mass is 9.81. The molecule has 4 heterocycles. The normalized spacial score (nSPS) is 13.0. The van der Waals surface area contributed by atoms with E-state index >= 15 is 0 Å². The lowest BCUT2D eigenvalue weighted by molar-refractivity contribution is 0.583. The van der Waals surface area contributed by atoms with E-state index in [0.717, 1.165) is 49.6 Å². The minimum Gasteiger partial charge on any atom is -0.346 e. The number of rotatable bonds is 5. The van der Waals surface area contributed by atoms with Gasteiger partial charge in [-0.05, 0) is 70.8 Å². The molecule has 0 aliphatic rings. The molecule has 1 aromatic carbocycles. The van der Waals surface area contributed by atoms with Crippen LogP contribution in [0.25, 0.3) is 22.0 Å². The van der Waals surface area contributed by atoms with E-state index in [1.54, 1.807) is 50.5 Å². The average molecular weight is 579 g/mol. The molecule has 4 N–H and O–H groups in total. The van der Waals surface area contributed by atoms with E-state index in [1.807, 2.05) is 49.4 Å². The van der Waals surface area contributed by atoms with Gasteiger partial charge in [0.25, 0.3) is 0 Å². The molecule has 5 rings (SSSR count). The van der Waals surface area contributed by atoms with Gasteiger partial charge in [0.15, 0.2) is 0 Å². The zero-order valence-electron chi connectivity index (χ0n) is 20.8. The molecule has 0 saturated carbocycles. The summed E-state index contributed by atoms with van der Waals surface area (Å²) in [6, 6.07) is 14.9. The van der Waals surface area contributed by atoms with Crippen molar-refractivity contribution < 1.29 is 4.57 Å². The number of fused-ring (bicyclic) bond motifs is 1. The zero-order chi connectivity index (χ0) is 26.6. The van der Waals surface area contributed by atoms with Gasteiger partial charge in [-0.25, -0.2) is 9.97 Å². The van der Waals surface area contributed by atoms with Gasteiger partial charge < -0.3 is 20.3 Å². The Morgan fingerprint density at radius 2 is 1.78 bits per heavy atom. The summed E-state index contributed by atoms with van der Waals surface area (Å²) in [5, 5.41) is 0.865. The summed E-state index contributed by atoms with van der Waals surface area (Å²) in [6.07, 6.45) is 9.32. The third-order valence-electron chi connectivity index (χ3n) is 6.14. The van der Waals surface area contributed by atoms with Gasteiger partial charge in [0.1, 0.15) is 10.1 Å². The van der Waals surface area contributed by atoms with E-state index in [9.17, 15) is 9.36 Å². The minimum absolute atomic E-state index is 0.177. The zero-order valence-corrected chi connectivity index (χ0v) is 23.3. The summed E-state index contributed by atoms with van der Waals surface area (Å²) in [5.41, 5.74) is 10.6. The Morgan fingerprint density at radius 1 is 1.03 bits per heavy atom. The Bertz CT molecular complexity index is 1600. The molecule has 0 fully saturated rings. The van der Waals surface area contributed by atoms with Crippen LogP contribution in [-0.2, 0) is 10.1 Å². The molecule has 0 saturated heterocycles. The molecule has 1 atom stereocenters. The number of nitrogens with zero attached hydrogens (tertiary/aromatic N) is 3. The number of hydrogen-bond donors (Lipinski definition) is 3. The molecule has 0 radical (unpaired) electrons. The molecule has 190 valence electrons. The lowest BCUT2D eigenvalue weighted by Gasteiger charge is -2.29. The van der Waals surface area contributed by atoms with E-state index in [1.165, 1.54) is 0 Å². The highest BCUT2D eigenvalue weighted by atomic mass is 79.9. The van der Waals surface area contributed by atoms with Crippen molar-refractivity contribution in [3.05, 3.63) is 111 Å². The molecule has 0 bridgehead atoms. The maximum atomic E-state index is 12.3. The highest BCUT2D eigenvalue weighted by Crippen LogP contribution is 2.36. The van der Waals surface area contributed by atoms with Crippen molar-refractivity contribution in [1.82, 2.24) is 24.9 Å². The quantitative estimate of drug-likeness (QED) is 0.190. The van der Waals surface area contributed by atoms with Crippen LogP contribution >= 0.6 is 23.1 Å². The summed E-state index contributed by atoms with van der Waals surface area (Å²) < 4.78 is 11.3. The van der Waals surface area contributed by atoms with Crippen LogP contribution in [0.15, 0.2) is 89.0 Å². The number of halogens is 1. The lowest BCUT2D eigenvalue weighted by Crippen LogP contribution is -2.39. The van der Waals surface area contributed by atoms with Gasteiger partial charge in [-0.1, -0.05) is 25.1 Å². The van der Waals surface area contributed by atoms with Crippen LogP contribution in [0.5, 0.6) is 0 Å². The topological polar surface area (TPSA) is 130 Å². The Hall–Kier alpha value is -3.39. The summed E-state index contributed by atoms with van der Waals surface area (Å²) in [5.74, 6) is 0. The summed E-state index contributed by atoms with van der Waals surface area (Å²) in [4.78, 5) is 31.1. The number of pyridine rings is 3. The second kappa shape index (κ2) is 10.9. The largest absolute Gasteiger partial charge is 0.346 e. The predicted octanol–water partition coefficient (Wildman–Crippen LogP) is 5.35. The number of aromatic nitrogens is 5. The fourth-order valence-corrected chi connectivity index (χ4v) is 4.05. The third kappa shape index (κ3) is 5.96. The van der Waals surface area contributed by atoms with Crippen molar-refractivity contribution in [2.45, 2.75) is 12.5 Å². The number of H-pyrrole nitrogens is 2. The highest BCUT2D eigenvalue weighted by molar-refractivity contribution is 9.10. The van der Waals surface area contributed by atoms with Crippen LogP contribution in [0, 0.1) is 0 Å². The fourth-order valence-electron chi connectivity index (χ4n) is 3.82. The fraction of sp³-hybridized carbons (Fsp3) is 0.185. The van der Waals surface area contributed by atoms with Crippen molar-refractivity contribution in [3.63, 3.8) is 0 Å². The highest BCUT2D eigenvalue weighted by Gasteiger charge is 2.34. The molecule has 0 aliphatic heterocycles. The van der Waals surface area contributed by atoms with Crippen LogP contribution in [0.3, 0.4) is 0 Å². The van der Waals surface area contributed by atoms with Crippen molar-refractivity contribution in [1.29, 1.82) is 0 Å². The molecule has 5 aromatic rings. The first-order valence-electron chi connectivity index (χ1n) is 11.6. The molecule has 0 amide bonds. The Balaban J connectivity index is 0.000000480. The summed E-state index contributed by atoms with van der Waals surface area (Å²) in [6.45, 7) is 5.54. The van der Waals surface area contributed by atoms with Gasteiger partial charge in [-0.2, -0.15) is 0 Å². The Morgan fingerprint density at radius 3 is 2.38 bits per heavy atom. The molecule has 1 unspecified atom stereocenters. The van der Waals surface area contributed by atoms with Gasteiger partial charge in [0.2, 0.25) is 5.56 Å². The van der Waals surface area contributed by atoms with Crippen LogP contribution in [0.2, 0.25) is 0 Å². The van der Waals surface area contributed by atoms with Gasteiger partial charge in [-0.15, -0.1) is 0 Å². The number of benzene rings is 1. The Labute approximate surface area is 223 Å². The first-order valence-corrected chi connectivity index (χ1v) is 15.2. The molecular weight excluding hydrogens is 551 g/mol. The van der Waals surface area contributed by atoms with E-state index in [4.69, 9.17) is 5.73 Å². The monoisotopic (exact) mass is 578 g/mol. The van der Waals surface area contributed by atoms with Gasteiger partial charge in [0.05, 0.1) is 25.4 Å². The van der Waals surface area contributed by atoms with Crippen molar-refractivity contribution >= 4 is 34.0 Å². The van der Waals surface area contributed by atoms with Crippen molar-refractivity contribution in [2.24, 2.45) is 5.73 Å². The van der Waals surface area contributed by atoms with Crippen molar-refractivity contribution in [2.75, 3.05) is 19.5 Å². The summed E-state index contributed by atoms with van der Waals surface area (Å²) in [7, 11) is -1.65. The first kappa shape index (κ1) is 26.7. The molecule has 0 spiro atoms. The molecule has 10 heteroatoms. The number of nitrogens with two attached hydrogens (primary N) is 1. The number of hydrogen-bond acceptors (Lipinski definition) is 6. The standard InChI is InChI=1S/C23H17BrN6O.C4H11OP/c24-21-6-4-16(11-28-21)23(25,20-12-27-13-29-20)15-3-5-19-18(8-15)17(9-22(31)30-19)14-2-1-7-26-10-14;1-4-6(2,3)5/h1-13H,25H2,(H,27,29)(H,30,31);4H2,1-3H3. The first-order chi connectivity index (χ1) is 17.6. The van der Waals surface area contributed by atoms with E-state index in [0.29, 0.717) is 0 Å². The number of aromatic amines is 2. The maximum absolute atomic E-state index is 12.3. The van der Waals surface area contributed by atoms with Crippen LogP contribution in [-0.4, -0.2) is 44.4 Å². The smallest absolute Gasteiger partial charge is 0.249 e. The predicted molar refractivity (Wildman–Crippen MR) is 152 cm³/mol. The minimum atomic E-state index is -1.65. The van der Waals surface area contributed by atoms with Crippen LogP contribution < -0.4 is 11.3 Å². The van der Waals surface area contributed by atoms with E-state index in [2.05, 4.69) is 40.8 Å². The van der Waals surface area contributed by atoms with E-state index in [-0.39, 0.29) is 5.56 Å². The summed E-state index contributed by atoms with van der Waals surface area (Å²) >= 11 is 3.38. The average Bonchev–Trinajstić information content (AvgIpc) is 3.44. The maximum Gasteiger partial charge on any atom is 0.249 e. The van der Waals surface area contributed by atoms with Crippen molar-refractivity contribution in [3.8, 4) is 11.1 Å². The Kier molecular flexibility index (Phi) is 7.87. The third-order valence-corrected chi connectivity index (χ3v) is 8.13. The molecule has 8 nitrogen and oxygen atoms in total. The van der Waals surface area contributed by atoms with E-state index < -0.39 is 12.7 Å². The number of imidazole rings is 1. The second-order valence-electron chi connectivity index (χ2n) is 9.08. The molecular formula is C27H28BrN6O2P. The SMILES string of the molecule is CCP(C)(C)=O.NC(c1ccc(Br)nc1)(c1ccc2[nH]c(=O)cc(-c3cccnc3)c2c1)c1cnc[nH]1.